The predicted molar refractivity (Wildman–Crippen MR) is 140 cm³/mol. The summed E-state index contributed by atoms with van der Waals surface area (Å²) < 4.78 is 17.0. The number of hydrogen-bond donors (Lipinski definition) is 2. The molecular formula is C25H36IN3O3. The minimum atomic E-state index is 0. The summed E-state index contributed by atoms with van der Waals surface area (Å²) in [5, 5.41) is 6.72. The second-order valence-corrected chi connectivity index (χ2v) is 7.81. The molecule has 2 aromatic carbocycles. The number of guanidine groups is 1. The van der Waals surface area contributed by atoms with Crippen molar-refractivity contribution in [1.82, 2.24) is 10.6 Å². The first-order valence-electron chi connectivity index (χ1n) is 11.1. The van der Waals surface area contributed by atoms with Gasteiger partial charge in [0.05, 0.1) is 26.4 Å². The molecular weight excluding hydrogens is 517 g/mol. The Morgan fingerprint density at radius 2 is 1.88 bits per heavy atom. The lowest BCUT2D eigenvalue weighted by Gasteiger charge is -2.22. The Bertz CT molecular complexity index is 854. The van der Waals surface area contributed by atoms with E-state index < -0.39 is 0 Å². The number of rotatable bonds is 9. The molecule has 0 radical (unpaired) electrons. The molecule has 1 heterocycles. The van der Waals surface area contributed by atoms with Gasteiger partial charge >= 0.3 is 0 Å². The molecule has 7 heteroatoms. The lowest BCUT2D eigenvalue weighted by Crippen LogP contribution is -2.36. The second kappa shape index (κ2) is 14.3. The number of ether oxygens (including phenoxy) is 3. The molecule has 0 aliphatic carbocycles. The number of benzene rings is 2. The van der Waals surface area contributed by atoms with Crippen molar-refractivity contribution in [2.75, 3.05) is 26.9 Å². The topological polar surface area (TPSA) is 64.1 Å². The van der Waals surface area contributed by atoms with Crippen molar-refractivity contribution in [2.24, 2.45) is 4.99 Å². The minimum Gasteiger partial charge on any atom is -0.496 e. The van der Waals surface area contributed by atoms with E-state index >= 15 is 0 Å². The van der Waals surface area contributed by atoms with Crippen molar-refractivity contribution >= 4 is 29.9 Å². The van der Waals surface area contributed by atoms with E-state index in [4.69, 9.17) is 19.2 Å². The Morgan fingerprint density at radius 3 is 2.62 bits per heavy atom. The van der Waals surface area contributed by atoms with E-state index in [0.29, 0.717) is 25.8 Å². The van der Waals surface area contributed by atoms with Crippen molar-refractivity contribution in [1.29, 1.82) is 0 Å². The molecule has 0 bridgehead atoms. The lowest BCUT2D eigenvalue weighted by molar-refractivity contribution is -0.0390. The number of halogens is 1. The van der Waals surface area contributed by atoms with Crippen LogP contribution >= 0.6 is 24.0 Å². The molecule has 0 atom stereocenters. The molecule has 32 heavy (non-hydrogen) atoms. The first-order chi connectivity index (χ1) is 15.2. The van der Waals surface area contributed by atoms with Crippen LogP contribution in [0.25, 0.3) is 0 Å². The van der Waals surface area contributed by atoms with Gasteiger partial charge in [-0.15, -0.1) is 24.0 Å². The summed E-state index contributed by atoms with van der Waals surface area (Å²) in [4.78, 5) is 4.76. The maximum absolute atomic E-state index is 6.05. The van der Waals surface area contributed by atoms with Crippen LogP contribution in [-0.4, -0.2) is 38.9 Å². The van der Waals surface area contributed by atoms with Crippen molar-refractivity contribution in [3.8, 4) is 5.75 Å². The normalized spacial score (nSPS) is 14.5. The molecule has 0 amide bonds. The van der Waals surface area contributed by atoms with E-state index in [1.54, 1.807) is 7.11 Å². The van der Waals surface area contributed by atoms with Crippen LogP contribution in [0, 0.1) is 6.92 Å². The van der Waals surface area contributed by atoms with Crippen molar-refractivity contribution in [3.05, 3.63) is 64.7 Å². The summed E-state index contributed by atoms with van der Waals surface area (Å²) >= 11 is 0. The van der Waals surface area contributed by atoms with Gasteiger partial charge in [-0.2, -0.15) is 0 Å². The first-order valence-corrected chi connectivity index (χ1v) is 11.1. The van der Waals surface area contributed by atoms with Crippen LogP contribution < -0.4 is 15.4 Å². The van der Waals surface area contributed by atoms with Crippen LogP contribution in [0.1, 0.15) is 42.0 Å². The van der Waals surface area contributed by atoms with E-state index in [9.17, 15) is 0 Å². The SMILES string of the molecule is CCNC(=NCc1cccc(COC2CCOCC2)c1)NCc1ccc(C)cc1OC.I. The molecule has 1 aliphatic rings. The van der Waals surface area contributed by atoms with Gasteiger partial charge in [0.15, 0.2) is 5.96 Å². The fraction of sp³-hybridized carbons (Fsp3) is 0.480. The first kappa shape index (κ1) is 26.4. The van der Waals surface area contributed by atoms with Crippen LogP contribution in [0.5, 0.6) is 5.75 Å². The fourth-order valence-corrected chi connectivity index (χ4v) is 3.56. The number of methoxy groups -OCH3 is 1. The number of aliphatic imine (C=N–C) groups is 1. The van der Waals surface area contributed by atoms with Crippen molar-refractivity contribution < 1.29 is 14.2 Å². The highest BCUT2D eigenvalue weighted by Crippen LogP contribution is 2.19. The molecule has 1 saturated heterocycles. The number of nitrogens with zero attached hydrogens (tertiary/aromatic N) is 1. The number of hydrogen-bond acceptors (Lipinski definition) is 4. The molecule has 1 fully saturated rings. The zero-order valence-corrected chi connectivity index (χ0v) is 21.7. The molecule has 0 spiro atoms. The maximum atomic E-state index is 6.05. The standard InChI is InChI=1S/C25H35N3O3.HI/c1-4-26-25(28-17-22-9-8-19(2)14-24(22)29-3)27-16-20-6-5-7-21(15-20)18-31-23-10-12-30-13-11-23;/h5-9,14-15,23H,4,10-13,16-18H2,1-3H3,(H2,26,27,28);1H. The highest BCUT2D eigenvalue weighted by molar-refractivity contribution is 14.0. The highest BCUT2D eigenvalue weighted by atomic mass is 127. The molecule has 0 aromatic heterocycles. The molecule has 2 aromatic rings. The van der Waals surface area contributed by atoms with Crippen LogP contribution in [0.15, 0.2) is 47.5 Å². The zero-order chi connectivity index (χ0) is 21.9. The van der Waals surface area contributed by atoms with Gasteiger partial charge in [0.1, 0.15) is 5.75 Å². The van der Waals surface area contributed by atoms with Crippen LogP contribution in [-0.2, 0) is 29.2 Å². The minimum absolute atomic E-state index is 0. The van der Waals surface area contributed by atoms with Gasteiger partial charge < -0.3 is 24.8 Å². The smallest absolute Gasteiger partial charge is 0.191 e. The van der Waals surface area contributed by atoms with Gasteiger partial charge in [-0.1, -0.05) is 36.4 Å². The Balaban J connectivity index is 0.00000363. The van der Waals surface area contributed by atoms with Gasteiger partial charge in [-0.25, -0.2) is 4.99 Å². The monoisotopic (exact) mass is 553 g/mol. The molecule has 1 aliphatic heterocycles. The van der Waals surface area contributed by atoms with Gasteiger partial charge in [0, 0.05) is 31.9 Å². The second-order valence-electron chi connectivity index (χ2n) is 7.81. The van der Waals surface area contributed by atoms with Gasteiger partial charge in [-0.3, -0.25) is 0 Å². The highest BCUT2D eigenvalue weighted by Gasteiger charge is 2.14. The lowest BCUT2D eigenvalue weighted by atomic mass is 10.1. The van der Waals surface area contributed by atoms with Crippen LogP contribution in [0.2, 0.25) is 0 Å². The van der Waals surface area contributed by atoms with Crippen LogP contribution in [0.4, 0.5) is 0 Å². The average molecular weight is 553 g/mol. The Labute approximate surface area is 209 Å². The summed E-state index contributed by atoms with van der Waals surface area (Å²) in [6.45, 7) is 8.41. The Kier molecular flexibility index (Phi) is 11.8. The molecule has 0 saturated carbocycles. The fourth-order valence-electron chi connectivity index (χ4n) is 3.56. The summed E-state index contributed by atoms with van der Waals surface area (Å²) in [7, 11) is 1.70. The predicted octanol–water partition coefficient (Wildman–Crippen LogP) is 4.57. The number of nitrogens with one attached hydrogen (secondary N) is 2. The van der Waals surface area contributed by atoms with E-state index in [2.05, 4.69) is 66.9 Å². The molecule has 6 nitrogen and oxygen atoms in total. The summed E-state index contributed by atoms with van der Waals surface area (Å²) in [5.74, 6) is 1.68. The van der Waals surface area contributed by atoms with Crippen molar-refractivity contribution in [2.45, 2.75) is 52.5 Å². The number of aryl methyl sites for hydroxylation is 1. The third kappa shape index (κ3) is 8.60. The zero-order valence-electron chi connectivity index (χ0n) is 19.4. The van der Waals surface area contributed by atoms with Gasteiger partial charge in [0.2, 0.25) is 0 Å². The van der Waals surface area contributed by atoms with E-state index in [1.807, 2.05) is 0 Å². The summed E-state index contributed by atoms with van der Waals surface area (Å²) in [5.41, 5.74) is 4.63. The van der Waals surface area contributed by atoms with E-state index in [1.165, 1.54) is 11.1 Å². The molecule has 3 rings (SSSR count). The Morgan fingerprint density at radius 1 is 1.09 bits per heavy atom. The van der Waals surface area contributed by atoms with Crippen LogP contribution in [0.3, 0.4) is 0 Å². The quantitative estimate of drug-likeness (QED) is 0.271. The molecule has 0 unspecified atom stereocenters. The third-order valence-electron chi connectivity index (χ3n) is 5.30. The maximum Gasteiger partial charge on any atom is 0.191 e. The van der Waals surface area contributed by atoms with E-state index in [-0.39, 0.29) is 24.0 Å². The molecule has 176 valence electrons. The van der Waals surface area contributed by atoms with Crippen molar-refractivity contribution in [3.63, 3.8) is 0 Å². The van der Waals surface area contributed by atoms with E-state index in [0.717, 1.165) is 55.4 Å². The largest absolute Gasteiger partial charge is 0.496 e. The third-order valence-corrected chi connectivity index (χ3v) is 5.30. The summed E-state index contributed by atoms with van der Waals surface area (Å²) in [6.07, 6.45) is 2.26. The molecule has 2 N–H and O–H groups in total. The van der Waals surface area contributed by atoms with Gasteiger partial charge in [-0.05, 0) is 49.4 Å². The Hall–Kier alpha value is -1.84. The average Bonchev–Trinajstić information content (AvgIpc) is 2.81. The summed E-state index contributed by atoms with van der Waals surface area (Å²) in [6, 6.07) is 14.7. The van der Waals surface area contributed by atoms with Gasteiger partial charge in [0.25, 0.3) is 0 Å².